The van der Waals surface area contributed by atoms with Crippen molar-refractivity contribution in [3.63, 3.8) is 0 Å². The Balaban J connectivity index is 2.11. The molecule has 1 aromatic carbocycles. The molecular weight excluding hydrogens is 297 g/mol. The lowest BCUT2D eigenvalue weighted by atomic mass is 9.90. The number of halogens is 2. The molecule has 4 heteroatoms. The lowest BCUT2D eigenvalue weighted by Crippen LogP contribution is -2.27. The number of ether oxygens (including phenoxy) is 1. The lowest BCUT2D eigenvalue weighted by molar-refractivity contribution is 0.173. The van der Waals surface area contributed by atoms with Crippen molar-refractivity contribution in [2.75, 3.05) is 11.9 Å². The van der Waals surface area contributed by atoms with Crippen LogP contribution in [0.2, 0.25) is 0 Å². The molecule has 0 spiro atoms. The van der Waals surface area contributed by atoms with Gasteiger partial charge in [-0.3, -0.25) is 0 Å². The summed E-state index contributed by atoms with van der Waals surface area (Å²) < 4.78 is 19.1. The molecule has 0 heterocycles. The van der Waals surface area contributed by atoms with Gasteiger partial charge in [-0.1, -0.05) is 34.8 Å². The van der Waals surface area contributed by atoms with Crippen LogP contribution in [0.3, 0.4) is 0 Å². The molecule has 1 aliphatic carbocycles. The number of hydrogen-bond acceptors (Lipinski definition) is 2. The zero-order valence-electron chi connectivity index (χ0n) is 10.1. The van der Waals surface area contributed by atoms with Gasteiger partial charge < -0.3 is 4.74 Å². The fourth-order valence-corrected chi connectivity index (χ4v) is 3.13. The first-order valence-corrected chi connectivity index (χ1v) is 7.20. The zero-order valence-corrected chi connectivity index (χ0v) is 11.7. The third-order valence-corrected chi connectivity index (χ3v) is 4.76. The summed E-state index contributed by atoms with van der Waals surface area (Å²) in [6, 6.07) is 6.36. The molecule has 0 aliphatic heterocycles. The topological polar surface area (TPSA) is 33.0 Å². The first-order valence-electron chi connectivity index (χ1n) is 6.08. The molecule has 18 heavy (non-hydrogen) atoms. The van der Waals surface area contributed by atoms with Crippen molar-refractivity contribution >= 4 is 15.9 Å². The Morgan fingerprint density at radius 1 is 1.39 bits per heavy atom. The van der Waals surface area contributed by atoms with Gasteiger partial charge in [0.05, 0.1) is 6.61 Å². The van der Waals surface area contributed by atoms with Crippen LogP contribution in [0.15, 0.2) is 18.2 Å². The van der Waals surface area contributed by atoms with Crippen molar-refractivity contribution in [1.82, 2.24) is 0 Å². The SMILES string of the molecule is N#Cc1c(F)cccc1OCC1(CBr)CCCC1. The molecule has 0 N–H and O–H groups in total. The maximum absolute atomic E-state index is 13.4. The fraction of sp³-hybridized carbons (Fsp3) is 0.500. The fourth-order valence-electron chi connectivity index (χ4n) is 2.41. The van der Waals surface area contributed by atoms with Gasteiger partial charge in [-0.2, -0.15) is 5.26 Å². The summed E-state index contributed by atoms with van der Waals surface area (Å²) in [7, 11) is 0. The summed E-state index contributed by atoms with van der Waals surface area (Å²) in [6.45, 7) is 0.538. The molecule has 1 saturated carbocycles. The summed E-state index contributed by atoms with van der Waals surface area (Å²) >= 11 is 3.54. The van der Waals surface area contributed by atoms with E-state index < -0.39 is 5.82 Å². The van der Waals surface area contributed by atoms with Gasteiger partial charge in [0, 0.05) is 10.7 Å². The smallest absolute Gasteiger partial charge is 0.144 e. The minimum Gasteiger partial charge on any atom is -0.491 e. The van der Waals surface area contributed by atoms with Crippen molar-refractivity contribution in [2.24, 2.45) is 5.41 Å². The van der Waals surface area contributed by atoms with Crippen LogP contribution in [-0.4, -0.2) is 11.9 Å². The molecule has 0 atom stereocenters. The molecular formula is C14H15BrFNO. The van der Waals surface area contributed by atoms with Crippen molar-refractivity contribution in [2.45, 2.75) is 25.7 Å². The van der Waals surface area contributed by atoms with Crippen LogP contribution in [0.25, 0.3) is 0 Å². The van der Waals surface area contributed by atoms with Gasteiger partial charge >= 0.3 is 0 Å². The number of rotatable bonds is 4. The highest BCUT2D eigenvalue weighted by Gasteiger charge is 2.33. The molecule has 0 amide bonds. The quantitative estimate of drug-likeness (QED) is 0.786. The number of hydrogen-bond donors (Lipinski definition) is 0. The molecule has 0 aromatic heterocycles. The monoisotopic (exact) mass is 311 g/mol. The maximum Gasteiger partial charge on any atom is 0.144 e. The van der Waals surface area contributed by atoms with E-state index in [0.717, 1.165) is 18.2 Å². The third kappa shape index (κ3) is 2.67. The van der Waals surface area contributed by atoms with E-state index in [9.17, 15) is 4.39 Å². The Labute approximate surface area is 115 Å². The second-order valence-corrected chi connectivity index (χ2v) is 5.41. The van der Waals surface area contributed by atoms with Gasteiger partial charge in [0.25, 0.3) is 0 Å². The van der Waals surface area contributed by atoms with Gasteiger partial charge in [-0.05, 0) is 25.0 Å². The summed E-state index contributed by atoms with van der Waals surface area (Å²) in [5.74, 6) is -0.168. The number of nitrogens with zero attached hydrogens (tertiary/aromatic N) is 1. The van der Waals surface area contributed by atoms with E-state index in [-0.39, 0.29) is 11.0 Å². The largest absolute Gasteiger partial charge is 0.491 e. The standard InChI is InChI=1S/C14H15BrFNO/c15-9-14(6-1-2-7-14)10-18-13-5-3-4-12(16)11(13)8-17/h3-5H,1-2,6-7,9-10H2. The van der Waals surface area contributed by atoms with Gasteiger partial charge in [-0.15, -0.1) is 0 Å². The van der Waals surface area contributed by atoms with E-state index in [1.54, 1.807) is 12.1 Å². The van der Waals surface area contributed by atoms with Crippen molar-refractivity contribution in [3.8, 4) is 11.8 Å². The van der Waals surface area contributed by atoms with Crippen molar-refractivity contribution in [1.29, 1.82) is 5.26 Å². The predicted molar refractivity (Wildman–Crippen MR) is 71.3 cm³/mol. The average molecular weight is 312 g/mol. The highest BCUT2D eigenvalue weighted by atomic mass is 79.9. The minimum absolute atomic E-state index is 0.000203. The van der Waals surface area contributed by atoms with Crippen LogP contribution in [0, 0.1) is 22.6 Å². The highest BCUT2D eigenvalue weighted by molar-refractivity contribution is 9.09. The number of alkyl halides is 1. The van der Waals surface area contributed by atoms with E-state index in [1.165, 1.54) is 18.9 Å². The van der Waals surface area contributed by atoms with Crippen molar-refractivity contribution < 1.29 is 9.13 Å². The first kappa shape index (κ1) is 13.4. The summed E-state index contributed by atoms with van der Waals surface area (Å²) in [5, 5.41) is 9.82. The highest BCUT2D eigenvalue weighted by Crippen LogP contribution is 2.40. The summed E-state index contributed by atoms with van der Waals surface area (Å²) in [4.78, 5) is 0. The average Bonchev–Trinajstić information content (AvgIpc) is 2.86. The normalized spacial score (nSPS) is 17.4. The Morgan fingerprint density at radius 3 is 2.72 bits per heavy atom. The number of nitriles is 1. The van der Waals surface area contributed by atoms with Crippen LogP contribution in [-0.2, 0) is 0 Å². The molecule has 0 radical (unpaired) electrons. The molecule has 1 aromatic rings. The molecule has 1 aliphatic rings. The maximum atomic E-state index is 13.4. The summed E-state index contributed by atoms with van der Waals surface area (Å²) in [5.41, 5.74) is 0.138. The molecule has 0 saturated heterocycles. The molecule has 0 unspecified atom stereocenters. The van der Waals surface area contributed by atoms with Crippen LogP contribution in [0.1, 0.15) is 31.2 Å². The lowest BCUT2D eigenvalue weighted by Gasteiger charge is -2.26. The molecule has 96 valence electrons. The van der Waals surface area contributed by atoms with Crippen LogP contribution in [0.5, 0.6) is 5.75 Å². The Bertz CT molecular complexity index is 463. The molecule has 2 nitrogen and oxygen atoms in total. The van der Waals surface area contributed by atoms with E-state index in [4.69, 9.17) is 10.00 Å². The van der Waals surface area contributed by atoms with E-state index in [1.807, 2.05) is 6.07 Å². The van der Waals surface area contributed by atoms with Gasteiger partial charge in [0.1, 0.15) is 23.2 Å². The molecule has 2 rings (SSSR count). The Kier molecular flexibility index (Phi) is 4.23. The second-order valence-electron chi connectivity index (χ2n) is 4.85. The molecule has 0 bridgehead atoms. The number of benzene rings is 1. The zero-order chi connectivity index (χ0) is 13.0. The van der Waals surface area contributed by atoms with Crippen molar-refractivity contribution in [3.05, 3.63) is 29.6 Å². The van der Waals surface area contributed by atoms with E-state index >= 15 is 0 Å². The van der Waals surface area contributed by atoms with E-state index in [0.29, 0.717) is 12.4 Å². The molecule has 1 fully saturated rings. The van der Waals surface area contributed by atoms with Crippen LogP contribution < -0.4 is 4.74 Å². The van der Waals surface area contributed by atoms with Gasteiger partial charge in [0.15, 0.2) is 0 Å². The third-order valence-electron chi connectivity index (χ3n) is 3.57. The second kappa shape index (κ2) is 5.71. The summed E-state index contributed by atoms with van der Waals surface area (Å²) in [6.07, 6.45) is 4.66. The Hall–Kier alpha value is -1.08. The Morgan fingerprint density at radius 2 is 2.11 bits per heavy atom. The van der Waals surface area contributed by atoms with Crippen LogP contribution in [0.4, 0.5) is 4.39 Å². The first-order chi connectivity index (χ1) is 8.71. The van der Waals surface area contributed by atoms with E-state index in [2.05, 4.69) is 15.9 Å². The van der Waals surface area contributed by atoms with Gasteiger partial charge in [-0.25, -0.2) is 4.39 Å². The van der Waals surface area contributed by atoms with Gasteiger partial charge in [0.2, 0.25) is 0 Å². The predicted octanol–water partition coefficient (Wildman–Crippen LogP) is 4.03. The van der Waals surface area contributed by atoms with Crippen LogP contribution >= 0.6 is 15.9 Å². The minimum atomic E-state index is -0.519.